The molecule has 0 atom stereocenters. The van der Waals surface area contributed by atoms with Crippen LogP contribution in [-0.4, -0.2) is 12.1 Å². The predicted molar refractivity (Wildman–Crippen MR) is 49.2 cm³/mol. The monoisotopic (exact) mass is 242 g/mol. The highest BCUT2D eigenvalue weighted by Gasteiger charge is 2.74. The van der Waals surface area contributed by atoms with Crippen LogP contribution in [0.4, 0.5) is 22.0 Å². The highest BCUT2D eigenvalue weighted by molar-refractivity contribution is 5.15. The molecule has 94 valence electrons. The van der Waals surface area contributed by atoms with Gasteiger partial charge in [0.15, 0.2) is 0 Å². The van der Waals surface area contributed by atoms with Gasteiger partial charge in [-0.25, -0.2) is 8.78 Å². The average Bonchev–Trinajstić information content (AvgIpc) is 1.90. The molecule has 0 amide bonds. The maximum absolute atomic E-state index is 12.9. The van der Waals surface area contributed by atoms with Gasteiger partial charge in [0, 0.05) is 12.8 Å². The molecule has 2 aliphatic rings. The van der Waals surface area contributed by atoms with Crippen molar-refractivity contribution in [2.75, 3.05) is 0 Å². The summed E-state index contributed by atoms with van der Waals surface area (Å²) >= 11 is 0. The lowest BCUT2D eigenvalue weighted by Crippen LogP contribution is -2.64. The maximum atomic E-state index is 12.9. The summed E-state index contributed by atoms with van der Waals surface area (Å²) in [6.07, 6.45) is -5.21. The fourth-order valence-electron chi connectivity index (χ4n) is 3.52. The van der Waals surface area contributed by atoms with Gasteiger partial charge >= 0.3 is 6.18 Å². The highest BCUT2D eigenvalue weighted by atomic mass is 19.4. The lowest BCUT2D eigenvalue weighted by atomic mass is 9.41. The van der Waals surface area contributed by atoms with Crippen LogP contribution in [0.25, 0.3) is 0 Å². The average molecular weight is 242 g/mol. The Labute approximate surface area is 91.2 Å². The molecule has 2 aliphatic carbocycles. The lowest BCUT2D eigenvalue weighted by Gasteiger charge is -2.64. The van der Waals surface area contributed by atoms with Crippen molar-refractivity contribution in [3.8, 4) is 0 Å². The fraction of sp³-hybridized carbons (Fsp3) is 1.00. The fourth-order valence-corrected chi connectivity index (χ4v) is 3.52. The molecule has 0 aromatic carbocycles. The molecule has 0 N–H and O–H groups in total. The molecule has 2 saturated carbocycles. The quantitative estimate of drug-likeness (QED) is 0.598. The van der Waals surface area contributed by atoms with E-state index in [1.54, 1.807) is 0 Å². The Balaban J connectivity index is 2.09. The second-order valence-electron chi connectivity index (χ2n) is 5.87. The molecule has 2 rings (SSSR count). The summed E-state index contributed by atoms with van der Waals surface area (Å²) in [5.41, 5.74) is -2.44. The Morgan fingerprint density at radius 1 is 0.938 bits per heavy atom. The summed E-state index contributed by atoms with van der Waals surface area (Å²) < 4.78 is 64.2. The van der Waals surface area contributed by atoms with Crippen LogP contribution in [0.15, 0.2) is 0 Å². The van der Waals surface area contributed by atoms with Crippen molar-refractivity contribution >= 4 is 0 Å². The van der Waals surface area contributed by atoms with E-state index < -0.39 is 28.8 Å². The summed E-state index contributed by atoms with van der Waals surface area (Å²) in [7, 11) is 0. The number of halogens is 5. The van der Waals surface area contributed by atoms with Crippen LogP contribution in [0, 0.1) is 16.7 Å². The van der Waals surface area contributed by atoms with Crippen LogP contribution < -0.4 is 0 Å². The van der Waals surface area contributed by atoms with E-state index in [-0.39, 0.29) is 25.7 Å². The van der Waals surface area contributed by atoms with Crippen molar-refractivity contribution in [1.29, 1.82) is 0 Å². The predicted octanol–water partition coefficient (Wildman–Crippen LogP) is 4.40. The molecule has 0 nitrogen and oxygen atoms in total. The molecule has 1 spiro atoms. The standard InChI is InChI=1S/C11H15F5/c1-7(2)9(11(14,15)16)3-8(4-9)5-10(12,13)6-8/h7H,3-6H2,1-2H3. The minimum atomic E-state index is -4.27. The molecule has 2 fully saturated rings. The van der Waals surface area contributed by atoms with Gasteiger partial charge in [-0.1, -0.05) is 13.8 Å². The molecular weight excluding hydrogens is 227 g/mol. The first kappa shape index (κ1) is 12.1. The maximum Gasteiger partial charge on any atom is 0.394 e. The number of alkyl halides is 5. The van der Waals surface area contributed by atoms with Gasteiger partial charge in [0.2, 0.25) is 5.92 Å². The van der Waals surface area contributed by atoms with E-state index in [4.69, 9.17) is 0 Å². The molecule has 0 unspecified atom stereocenters. The molecule has 0 aliphatic heterocycles. The van der Waals surface area contributed by atoms with Crippen LogP contribution in [0.1, 0.15) is 39.5 Å². The van der Waals surface area contributed by atoms with Gasteiger partial charge in [0.05, 0.1) is 5.41 Å². The molecular formula is C11H15F5. The Morgan fingerprint density at radius 2 is 1.38 bits per heavy atom. The number of rotatable bonds is 1. The molecule has 16 heavy (non-hydrogen) atoms. The second-order valence-corrected chi connectivity index (χ2v) is 5.87. The Bertz CT molecular complexity index is 286. The third-order valence-corrected chi connectivity index (χ3v) is 4.32. The number of hydrogen-bond donors (Lipinski definition) is 0. The summed E-state index contributed by atoms with van der Waals surface area (Å²) in [6.45, 7) is 3.05. The van der Waals surface area contributed by atoms with Gasteiger partial charge in [0.25, 0.3) is 0 Å². The molecule has 0 aromatic heterocycles. The van der Waals surface area contributed by atoms with E-state index in [0.717, 1.165) is 0 Å². The first-order valence-corrected chi connectivity index (χ1v) is 5.47. The summed E-state index contributed by atoms with van der Waals surface area (Å²) in [5, 5.41) is 0. The minimum absolute atomic E-state index is 0.114. The van der Waals surface area contributed by atoms with E-state index in [1.165, 1.54) is 13.8 Å². The zero-order valence-electron chi connectivity index (χ0n) is 9.30. The first-order chi connectivity index (χ1) is 7.02. The van der Waals surface area contributed by atoms with Crippen LogP contribution in [-0.2, 0) is 0 Å². The van der Waals surface area contributed by atoms with E-state index in [9.17, 15) is 22.0 Å². The van der Waals surface area contributed by atoms with Crippen molar-refractivity contribution in [2.24, 2.45) is 16.7 Å². The molecule has 0 saturated heterocycles. The number of hydrogen-bond acceptors (Lipinski definition) is 0. The Hall–Kier alpha value is -0.350. The van der Waals surface area contributed by atoms with E-state index in [2.05, 4.69) is 0 Å². The molecule has 0 bridgehead atoms. The Morgan fingerprint density at radius 3 is 1.62 bits per heavy atom. The molecule has 0 heterocycles. The summed E-state index contributed by atoms with van der Waals surface area (Å²) in [6, 6.07) is 0. The van der Waals surface area contributed by atoms with Crippen LogP contribution in [0.5, 0.6) is 0 Å². The van der Waals surface area contributed by atoms with Crippen molar-refractivity contribution in [1.82, 2.24) is 0 Å². The summed E-state index contributed by atoms with van der Waals surface area (Å²) in [5.74, 6) is -3.26. The Kier molecular flexibility index (Phi) is 2.20. The van der Waals surface area contributed by atoms with Crippen LogP contribution >= 0.6 is 0 Å². The second kappa shape index (κ2) is 2.91. The molecule has 0 radical (unpaired) electrons. The zero-order chi connectivity index (χ0) is 12.4. The van der Waals surface area contributed by atoms with Gasteiger partial charge in [0.1, 0.15) is 0 Å². The van der Waals surface area contributed by atoms with Crippen molar-refractivity contribution in [2.45, 2.75) is 51.6 Å². The third kappa shape index (κ3) is 1.46. The topological polar surface area (TPSA) is 0 Å². The van der Waals surface area contributed by atoms with Crippen molar-refractivity contribution in [3.05, 3.63) is 0 Å². The largest absolute Gasteiger partial charge is 0.394 e. The van der Waals surface area contributed by atoms with Crippen LogP contribution in [0.3, 0.4) is 0 Å². The van der Waals surface area contributed by atoms with Gasteiger partial charge in [-0.3, -0.25) is 0 Å². The van der Waals surface area contributed by atoms with Crippen molar-refractivity contribution < 1.29 is 22.0 Å². The lowest BCUT2D eigenvalue weighted by molar-refractivity contribution is -0.336. The van der Waals surface area contributed by atoms with Crippen molar-refractivity contribution in [3.63, 3.8) is 0 Å². The van der Waals surface area contributed by atoms with E-state index in [1.807, 2.05) is 0 Å². The molecule has 5 heteroatoms. The third-order valence-electron chi connectivity index (χ3n) is 4.32. The normalized spacial score (nSPS) is 30.0. The van der Waals surface area contributed by atoms with Gasteiger partial charge in [-0.2, -0.15) is 13.2 Å². The van der Waals surface area contributed by atoms with E-state index in [0.29, 0.717) is 0 Å². The van der Waals surface area contributed by atoms with Gasteiger partial charge < -0.3 is 0 Å². The zero-order valence-corrected chi connectivity index (χ0v) is 9.30. The SMILES string of the molecule is CC(C)C1(C(F)(F)F)CC2(CC(F)(F)C2)C1. The van der Waals surface area contributed by atoms with E-state index >= 15 is 0 Å². The smallest absolute Gasteiger partial charge is 0.207 e. The van der Waals surface area contributed by atoms with Crippen LogP contribution in [0.2, 0.25) is 0 Å². The highest BCUT2D eigenvalue weighted by Crippen LogP contribution is 2.74. The van der Waals surface area contributed by atoms with Gasteiger partial charge in [-0.05, 0) is 24.2 Å². The summed E-state index contributed by atoms with van der Waals surface area (Å²) in [4.78, 5) is 0. The van der Waals surface area contributed by atoms with Gasteiger partial charge in [-0.15, -0.1) is 0 Å². The minimum Gasteiger partial charge on any atom is -0.207 e. The first-order valence-electron chi connectivity index (χ1n) is 5.47. The molecule has 0 aromatic rings.